The lowest BCUT2D eigenvalue weighted by Crippen LogP contribution is -2.14. The summed E-state index contributed by atoms with van der Waals surface area (Å²) < 4.78 is 10.9. The van der Waals surface area contributed by atoms with Crippen molar-refractivity contribution in [2.24, 2.45) is 0 Å². The molecule has 0 spiro atoms. The molecule has 1 amide bonds. The van der Waals surface area contributed by atoms with Gasteiger partial charge in [0.05, 0.1) is 11.4 Å². The molecule has 1 heterocycles. The van der Waals surface area contributed by atoms with E-state index in [1.807, 2.05) is 68.4 Å². The van der Waals surface area contributed by atoms with E-state index in [0.29, 0.717) is 11.5 Å². The number of thioether (sulfide) groups is 1. The third-order valence-corrected chi connectivity index (χ3v) is 4.74. The summed E-state index contributed by atoms with van der Waals surface area (Å²) in [5.41, 5.74) is 2.68. The number of aromatic nitrogens is 1. The third-order valence-electron chi connectivity index (χ3n) is 3.78. The van der Waals surface area contributed by atoms with E-state index in [-0.39, 0.29) is 5.91 Å². The van der Waals surface area contributed by atoms with Crippen molar-refractivity contribution >= 4 is 23.4 Å². The summed E-state index contributed by atoms with van der Waals surface area (Å²) >= 11 is 1.53. The van der Waals surface area contributed by atoms with Crippen molar-refractivity contribution in [3.8, 4) is 11.5 Å². The van der Waals surface area contributed by atoms with Gasteiger partial charge >= 0.3 is 0 Å². The maximum Gasteiger partial charge on any atom is 0.234 e. The van der Waals surface area contributed by atoms with E-state index in [0.717, 1.165) is 34.2 Å². The zero-order valence-corrected chi connectivity index (χ0v) is 15.5. The highest BCUT2D eigenvalue weighted by atomic mass is 32.2. The molecule has 0 saturated carbocycles. The van der Waals surface area contributed by atoms with Crippen LogP contribution in [-0.2, 0) is 10.5 Å². The molecule has 134 valence electrons. The van der Waals surface area contributed by atoms with Crippen LogP contribution >= 0.6 is 11.8 Å². The Kier molecular flexibility index (Phi) is 5.96. The van der Waals surface area contributed by atoms with Gasteiger partial charge in [-0.05, 0) is 50.2 Å². The molecular weight excluding hydrogens is 348 g/mol. The summed E-state index contributed by atoms with van der Waals surface area (Å²) in [5.74, 6) is 3.34. The monoisotopic (exact) mass is 368 g/mol. The minimum atomic E-state index is -0.0431. The molecule has 3 rings (SSSR count). The van der Waals surface area contributed by atoms with Gasteiger partial charge in [0.2, 0.25) is 5.91 Å². The predicted molar refractivity (Wildman–Crippen MR) is 104 cm³/mol. The van der Waals surface area contributed by atoms with Crippen LogP contribution in [-0.4, -0.2) is 16.8 Å². The van der Waals surface area contributed by atoms with E-state index in [9.17, 15) is 4.79 Å². The molecule has 0 aliphatic rings. The van der Waals surface area contributed by atoms with Gasteiger partial charge < -0.3 is 14.6 Å². The van der Waals surface area contributed by atoms with E-state index in [2.05, 4.69) is 10.5 Å². The largest absolute Gasteiger partial charge is 0.457 e. The predicted octanol–water partition coefficient (Wildman–Crippen LogP) is 4.96. The van der Waals surface area contributed by atoms with Crippen LogP contribution in [0.15, 0.2) is 59.1 Å². The first kappa shape index (κ1) is 18.1. The number of benzene rings is 2. The van der Waals surface area contributed by atoms with Crippen LogP contribution in [0.5, 0.6) is 11.5 Å². The van der Waals surface area contributed by atoms with Gasteiger partial charge in [-0.15, -0.1) is 11.8 Å². The lowest BCUT2D eigenvalue weighted by atomic mass is 10.2. The number of para-hydroxylation sites is 1. The maximum absolute atomic E-state index is 12.1. The molecule has 0 atom stereocenters. The summed E-state index contributed by atoms with van der Waals surface area (Å²) in [6, 6.07) is 16.9. The van der Waals surface area contributed by atoms with Crippen LogP contribution in [0.3, 0.4) is 0 Å². The number of carbonyl (C=O) groups excluding carboxylic acids is 1. The molecule has 1 aromatic heterocycles. The maximum atomic E-state index is 12.1. The van der Waals surface area contributed by atoms with Gasteiger partial charge in [0.1, 0.15) is 17.3 Å². The van der Waals surface area contributed by atoms with Crippen molar-refractivity contribution in [3.63, 3.8) is 0 Å². The number of hydrogen-bond acceptors (Lipinski definition) is 5. The summed E-state index contributed by atoms with van der Waals surface area (Å²) in [7, 11) is 0. The average Bonchev–Trinajstić information content (AvgIpc) is 2.96. The first-order valence-electron chi connectivity index (χ1n) is 8.24. The van der Waals surface area contributed by atoms with Crippen LogP contribution in [0, 0.1) is 13.8 Å². The summed E-state index contributed by atoms with van der Waals surface area (Å²) in [4.78, 5) is 12.1. The van der Waals surface area contributed by atoms with Crippen molar-refractivity contribution < 1.29 is 14.1 Å². The first-order valence-corrected chi connectivity index (χ1v) is 9.39. The summed E-state index contributed by atoms with van der Waals surface area (Å²) in [5, 5.41) is 6.81. The van der Waals surface area contributed by atoms with Gasteiger partial charge in [0.25, 0.3) is 0 Å². The fourth-order valence-corrected chi connectivity index (χ4v) is 3.36. The Balaban J connectivity index is 1.47. The molecule has 0 radical (unpaired) electrons. The molecule has 0 bridgehead atoms. The van der Waals surface area contributed by atoms with E-state index in [4.69, 9.17) is 9.26 Å². The molecule has 1 N–H and O–H groups in total. The van der Waals surface area contributed by atoms with Crippen molar-refractivity contribution in [1.82, 2.24) is 5.16 Å². The highest BCUT2D eigenvalue weighted by Crippen LogP contribution is 2.23. The zero-order valence-electron chi connectivity index (χ0n) is 14.7. The smallest absolute Gasteiger partial charge is 0.234 e. The number of rotatable bonds is 7. The Morgan fingerprint density at radius 3 is 2.42 bits per heavy atom. The minimum Gasteiger partial charge on any atom is -0.457 e. The molecule has 0 fully saturated rings. The number of amides is 1. The fraction of sp³-hybridized carbons (Fsp3) is 0.200. The van der Waals surface area contributed by atoms with E-state index < -0.39 is 0 Å². The Labute approximate surface area is 156 Å². The standard InChI is InChI=1S/C20H20N2O3S/c1-14-19(15(2)25-22-14)12-26-13-20(23)21-16-8-10-18(11-9-16)24-17-6-4-3-5-7-17/h3-11H,12-13H2,1-2H3,(H,21,23). The lowest BCUT2D eigenvalue weighted by molar-refractivity contribution is -0.113. The van der Waals surface area contributed by atoms with Crippen molar-refractivity contribution in [1.29, 1.82) is 0 Å². The summed E-state index contributed by atoms with van der Waals surface area (Å²) in [6.07, 6.45) is 0. The highest BCUT2D eigenvalue weighted by Gasteiger charge is 2.10. The molecule has 3 aromatic rings. The van der Waals surface area contributed by atoms with Crippen LogP contribution in [0.2, 0.25) is 0 Å². The van der Waals surface area contributed by atoms with E-state index in [1.165, 1.54) is 11.8 Å². The molecule has 6 heteroatoms. The second kappa shape index (κ2) is 8.58. The first-order chi connectivity index (χ1) is 12.6. The second-order valence-electron chi connectivity index (χ2n) is 5.78. The van der Waals surface area contributed by atoms with Gasteiger partial charge in [0, 0.05) is 17.0 Å². The van der Waals surface area contributed by atoms with Gasteiger partial charge in [-0.1, -0.05) is 23.4 Å². The Morgan fingerprint density at radius 1 is 1.08 bits per heavy atom. The van der Waals surface area contributed by atoms with Crippen LogP contribution < -0.4 is 10.1 Å². The minimum absolute atomic E-state index is 0.0431. The summed E-state index contributed by atoms with van der Waals surface area (Å²) in [6.45, 7) is 3.79. The molecular formula is C20H20N2O3S. The number of ether oxygens (including phenoxy) is 1. The third kappa shape index (κ3) is 4.89. The average molecular weight is 368 g/mol. The second-order valence-corrected chi connectivity index (χ2v) is 6.77. The van der Waals surface area contributed by atoms with Crippen molar-refractivity contribution in [2.75, 3.05) is 11.1 Å². The molecule has 0 aliphatic carbocycles. The van der Waals surface area contributed by atoms with Crippen LogP contribution in [0.1, 0.15) is 17.0 Å². The topological polar surface area (TPSA) is 64.4 Å². The van der Waals surface area contributed by atoms with Gasteiger partial charge in [-0.3, -0.25) is 4.79 Å². The van der Waals surface area contributed by atoms with Crippen molar-refractivity contribution in [2.45, 2.75) is 19.6 Å². The highest BCUT2D eigenvalue weighted by molar-refractivity contribution is 7.99. The van der Waals surface area contributed by atoms with Gasteiger partial charge in [-0.2, -0.15) is 0 Å². The number of aryl methyl sites for hydroxylation is 2. The normalized spacial score (nSPS) is 10.5. The lowest BCUT2D eigenvalue weighted by Gasteiger charge is -2.08. The van der Waals surface area contributed by atoms with E-state index >= 15 is 0 Å². The Bertz CT molecular complexity index is 841. The van der Waals surface area contributed by atoms with Gasteiger partial charge in [0.15, 0.2) is 0 Å². The quantitative estimate of drug-likeness (QED) is 0.639. The van der Waals surface area contributed by atoms with E-state index in [1.54, 1.807) is 0 Å². The molecule has 0 saturated heterocycles. The fourth-order valence-electron chi connectivity index (χ4n) is 2.38. The molecule has 0 aliphatic heterocycles. The molecule has 5 nitrogen and oxygen atoms in total. The SMILES string of the molecule is Cc1noc(C)c1CSCC(=O)Nc1ccc(Oc2ccccc2)cc1. The van der Waals surface area contributed by atoms with Crippen LogP contribution in [0.25, 0.3) is 0 Å². The van der Waals surface area contributed by atoms with Crippen LogP contribution in [0.4, 0.5) is 5.69 Å². The number of nitrogens with one attached hydrogen (secondary N) is 1. The molecule has 0 unspecified atom stereocenters. The number of hydrogen-bond donors (Lipinski definition) is 1. The zero-order chi connectivity index (χ0) is 18.4. The number of carbonyl (C=O) groups is 1. The van der Waals surface area contributed by atoms with Crippen molar-refractivity contribution in [3.05, 3.63) is 71.6 Å². The Hall–Kier alpha value is -2.73. The Morgan fingerprint density at radius 2 is 1.77 bits per heavy atom. The molecule has 26 heavy (non-hydrogen) atoms. The van der Waals surface area contributed by atoms with Gasteiger partial charge in [-0.25, -0.2) is 0 Å². The number of anilines is 1. The molecule has 2 aromatic carbocycles. The number of nitrogens with zero attached hydrogens (tertiary/aromatic N) is 1.